The van der Waals surface area contributed by atoms with Crippen molar-refractivity contribution >= 4 is 11.8 Å². The van der Waals surface area contributed by atoms with Gasteiger partial charge in [-0.05, 0) is 21.3 Å². The van der Waals surface area contributed by atoms with E-state index in [2.05, 4.69) is 30.0 Å². The molecule has 0 radical (unpaired) electrons. The third-order valence-corrected chi connectivity index (χ3v) is 1.36. The molecule has 0 N–H and O–H groups in total. The number of aromatic nitrogens is 2. The van der Waals surface area contributed by atoms with Crippen LogP contribution in [0.4, 0.5) is 0 Å². The van der Waals surface area contributed by atoms with E-state index in [-0.39, 0.29) is 11.4 Å². The molecule has 0 saturated carbocycles. The predicted molar refractivity (Wildman–Crippen MR) is 49.0 cm³/mol. The summed E-state index contributed by atoms with van der Waals surface area (Å²) in [4.78, 5) is 33.5. The lowest BCUT2D eigenvalue weighted by molar-refractivity contribution is 0.0981. The van der Waals surface area contributed by atoms with Crippen LogP contribution in [0.15, 0.2) is 22.6 Å². The minimum atomic E-state index is -0.919. The first-order chi connectivity index (χ1) is 7.69. The van der Waals surface area contributed by atoms with Crippen molar-refractivity contribution in [2.24, 2.45) is 10.2 Å². The Morgan fingerprint density at radius 2 is 1.38 bits per heavy atom. The fourth-order valence-corrected chi connectivity index (χ4v) is 0.733. The van der Waals surface area contributed by atoms with Crippen molar-refractivity contribution in [1.82, 2.24) is 9.97 Å². The molecule has 0 atom stereocenters. The average molecular weight is 218 g/mol. The van der Waals surface area contributed by atoms with Crippen LogP contribution in [0.25, 0.3) is 20.9 Å². The Hall–Kier alpha value is -2.96. The van der Waals surface area contributed by atoms with Crippen LogP contribution in [0.2, 0.25) is 0 Å². The quantitative estimate of drug-likeness (QED) is 0.416. The normalized spacial score (nSPS) is 8.50. The van der Waals surface area contributed by atoms with Gasteiger partial charge in [0.15, 0.2) is 0 Å². The van der Waals surface area contributed by atoms with E-state index in [1.165, 1.54) is 0 Å². The van der Waals surface area contributed by atoms with E-state index in [1.807, 2.05) is 0 Å². The van der Waals surface area contributed by atoms with E-state index in [0.29, 0.717) is 0 Å². The average Bonchev–Trinajstić information content (AvgIpc) is 2.30. The standard InChI is InChI=1S/C6H2N8O2/c7-13-11-5(15)3-1-9-4(2-10-3)6(16)12-14-8/h1-2H. The van der Waals surface area contributed by atoms with Gasteiger partial charge in [0.1, 0.15) is 11.4 Å². The van der Waals surface area contributed by atoms with Crippen LogP contribution >= 0.6 is 0 Å². The first-order valence-corrected chi connectivity index (χ1v) is 3.70. The number of nitrogens with zero attached hydrogens (tertiary/aromatic N) is 8. The molecule has 0 aliphatic heterocycles. The van der Waals surface area contributed by atoms with E-state index in [4.69, 9.17) is 11.1 Å². The van der Waals surface area contributed by atoms with Crippen LogP contribution < -0.4 is 0 Å². The van der Waals surface area contributed by atoms with Gasteiger partial charge in [0, 0.05) is 9.82 Å². The topological polar surface area (TPSA) is 157 Å². The number of rotatable bonds is 2. The van der Waals surface area contributed by atoms with E-state index >= 15 is 0 Å². The lowest BCUT2D eigenvalue weighted by Gasteiger charge is -1.94. The predicted octanol–water partition coefficient (Wildman–Crippen LogP) is 1.38. The lowest BCUT2D eigenvalue weighted by atomic mass is 10.4. The summed E-state index contributed by atoms with van der Waals surface area (Å²) in [6.45, 7) is 0. The minimum absolute atomic E-state index is 0.213. The maximum Gasteiger partial charge on any atom is 0.269 e. The molecule has 0 fully saturated rings. The van der Waals surface area contributed by atoms with Crippen molar-refractivity contribution in [3.05, 3.63) is 44.7 Å². The second kappa shape index (κ2) is 5.05. The molecule has 10 nitrogen and oxygen atoms in total. The smallest absolute Gasteiger partial charge is 0.269 e. The second-order valence-electron chi connectivity index (χ2n) is 2.28. The molecule has 78 valence electrons. The van der Waals surface area contributed by atoms with Gasteiger partial charge in [0.2, 0.25) is 0 Å². The van der Waals surface area contributed by atoms with E-state index in [0.717, 1.165) is 12.4 Å². The van der Waals surface area contributed by atoms with E-state index < -0.39 is 11.8 Å². The van der Waals surface area contributed by atoms with Gasteiger partial charge < -0.3 is 0 Å². The van der Waals surface area contributed by atoms with Crippen molar-refractivity contribution in [3.63, 3.8) is 0 Å². The second-order valence-corrected chi connectivity index (χ2v) is 2.28. The first kappa shape index (κ1) is 11.1. The fraction of sp³-hybridized carbons (Fsp3) is 0. The molecule has 16 heavy (non-hydrogen) atoms. The van der Waals surface area contributed by atoms with Gasteiger partial charge >= 0.3 is 0 Å². The molecule has 1 aromatic heterocycles. The Kier molecular flexibility index (Phi) is 3.51. The van der Waals surface area contributed by atoms with Crippen LogP contribution in [-0.4, -0.2) is 21.8 Å². The van der Waals surface area contributed by atoms with Gasteiger partial charge in [-0.2, -0.15) is 0 Å². The zero-order chi connectivity index (χ0) is 12.0. The zero-order valence-electron chi connectivity index (χ0n) is 7.55. The van der Waals surface area contributed by atoms with Crippen molar-refractivity contribution in [2.75, 3.05) is 0 Å². The van der Waals surface area contributed by atoms with Gasteiger partial charge in [-0.1, -0.05) is 0 Å². The largest absolute Gasteiger partial charge is 0.285 e. The summed E-state index contributed by atoms with van der Waals surface area (Å²) >= 11 is 0. The first-order valence-electron chi connectivity index (χ1n) is 3.70. The highest BCUT2D eigenvalue weighted by Gasteiger charge is 2.08. The molecule has 0 bridgehead atoms. The maximum absolute atomic E-state index is 11.0. The summed E-state index contributed by atoms with van der Waals surface area (Å²) in [5, 5.41) is 5.56. The molecular formula is C6H2N8O2. The fourth-order valence-electron chi connectivity index (χ4n) is 0.733. The van der Waals surface area contributed by atoms with Crippen molar-refractivity contribution < 1.29 is 9.59 Å². The molecule has 0 spiro atoms. The van der Waals surface area contributed by atoms with Gasteiger partial charge in [-0.3, -0.25) is 9.59 Å². The molecule has 0 unspecified atom stereocenters. The molecule has 0 aliphatic carbocycles. The molecule has 2 amide bonds. The number of azide groups is 2. The van der Waals surface area contributed by atoms with Gasteiger partial charge in [0.25, 0.3) is 11.8 Å². The molecule has 0 aromatic carbocycles. The number of carbonyl (C=O) groups is 2. The summed E-state index contributed by atoms with van der Waals surface area (Å²) in [6, 6.07) is 0. The molecule has 10 heteroatoms. The molecule has 1 heterocycles. The summed E-state index contributed by atoms with van der Waals surface area (Å²) in [7, 11) is 0. The summed E-state index contributed by atoms with van der Waals surface area (Å²) < 4.78 is 0. The molecule has 1 rings (SSSR count). The SMILES string of the molecule is [N-]=[N+]=NC(=O)c1cnc(C(=O)N=[N+]=[N-])cn1. The Morgan fingerprint density at radius 3 is 1.62 bits per heavy atom. The van der Waals surface area contributed by atoms with Gasteiger partial charge in [-0.25, -0.2) is 9.97 Å². The van der Waals surface area contributed by atoms with Crippen molar-refractivity contribution in [1.29, 1.82) is 0 Å². The zero-order valence-corrected chi connectivity index (χ0v) is 7.55. The third-order valence-electron chi connectivity index (χ3n) is 1.36. The van der Waals surface area contributed by atoms with Crippen molar-refractivity contribution in [2.45, 2.75) is 0 Å². The van der Waals surface area contributed by atoms with E-state index in [1.54, 1.807) is 0 Å². The van der Waals surface area contributed by atoms with Gasteiger partial charge in [0.05, 0.1) is 12.4 Å². The monoisotopic (exact) mass is 218 g/mol. The Balaban J connectivity index is 2.99. The third kappa shape index (κ3) is 2.51. The Morgan fingerprint density at radius 1 is 1.00 bits per heavy atom. The van der Waals surface area contributed by atoms with Gasteiger partial charge in [-0.15, -0.1) is 0 Å². The van der Waals surface area contributed by atoms with Crippen LogP contribution in [0.3, 0.4) is 0 Å². The molecule has 1 aromatic rings. The Bertz CT molecular complexity index is 473. The molecule has 0 aliphatic rings. The van der Waals surface area contributed by atoms with Crippen molar-refractivity contribution in [3.8, 4) is 0 Å². The highest BCUT2D eigenvalue weighted by atomic mass is 16.2. The van der Waals surface area contributed by atoms with Crippen LogP contribution in [0, 0.1) is 0 Å². The van der Waals surface area contributed by atoms with E-state index in [9.17, 15) is 9.59 Å². The number of carbonyl (C=O) groups excluding carboxylic acids is 2. The number of hydrogen-bond donors (Lipinski definition) is 0. The lowest BCUT2D eigenvalue weighted by Crippen LogP contribution is -2.04. The summed E-state index contributed by atoms with van der Waals surface area (Å²) in [5.74, 6) is -1.84. The number of hydrogen-bond acceptors (Lipinski definition) is 4. The number of amides is 2. The van der Waals surface area contributed by atoms with Crippen LogP contribution in [-0.2, 0) is 0 Å². The summed E-state index contributed by atoms with van der Waals surface area (Å²) in [5.41, 5.74) is 15.6. The molecular weight excluding hydrogens is 216 g/mol. The van der Waals surface area contributed by atoms with Crippen LogP contribution in [0.1, 0.15) is 21.0 Å². The highest BCUT2D eigenvalue weighted by Crippen LogP contribution is 1.99. The van der Waals surface area contributed by atoms with Crippen LogP contribution in [0.5, 0.6) is 0 Å². The molecule has 0 saturated heterocycles. The summed E-state index contributed by atoms with van der Waals surface area (Å²) in [6.07, 6.45) is 1.88. The Labute approximate surface area is 87.2 Å². The highest BCUT2D eigenvalue weighted by molar-refractivity contribution is 5.95. The minimum Gasteiger partial charge on any atom is -0.285 e. The maximum atomic E-state index is 11.0.